The molecule has 0 bridgehead atoms. The molecule has 1 aliphatic rings. The first-order valence-corrected chi connectivity index (χ1v) is 10.9. The first kappa shape index (κ1) is 28.0. The van der Waals surface area contributed by atoms with E-state index in [0.717, 1.165) is 0 Å². The Hall–Kier alpha value is -3.25. The lowest BCUT2D eigenvalue weighted by molar-refractivity contribution is -0.143. The normalized spacial score (nSPS) is 14.7. The van der Waals surface area contributed by atoms with E-state index >= 15 is 0 Å². The Morgan fingerprint density at radius 1 is 1.09 bits per heavy atom. The van der Waals surface area contributed by atoms with E-state index < -0.39 is 47.8 Å². The second-order valence-electron chi connectivity index (χ2n) is 7.56. The Kier molecular flexibility index (Phi) is 9.16. The minimum Gasteiger partial charge on any atom is -0.445 e. The number of alkyl halides is 6. The molecule has 2 heterocycles. The van der Waals surface area contributed by atoms with E-state index in [9.17, 15) is 35.9 Å². The van der Waals surface area contributed by atoms with Gasteiger partial charge in [0.2, 0.25) is 0 Å². The van der Waals surface area contributed by atoms with E-state index in [4.69, 9.17) is 4.74 Å². The molecule has 0 aliphatic carbocycles. The SMILES string of the molecule is CC.CC(C=O)Nc1cc2n(n1)CCCN(C(=O)OCc1cc(C(F)(F)F)cc(C(F)(F)F)c1)C2. The van der Waals surface area contributed by atoms with Crippen molar-refractivity contribution in [3.05, 3.63) is 46.6 Å². The van der Waals surface area contributed by atoms with Crippen LogP contribution in [0.4, 0.5) is 37.0 Å². The van der Waals surface area contributed by atoms with Gasteiger partial charge in [-0.05, 0) is 37.1 Å². The van der Waals surface area contributed by atoms with Gasteiger partial charge in [-0.1, -0.05) is 13.8 Å². The van der Waals surface area contributed by atoms with Crippen molar-refractivity contribution >= 4 is 18.2 Å². The summed E-state index contributed by atoms with van der Waals surface area (Å²) in [4.78, 5) is 24.6. The van der Waals surface area contributed by atoms with Crippen molar-refractivity contribution in [3.8, 4) is 0 Å². The Morgan fingerprint density at radius 2 is 1.69 bits per heavy atom. The molecule has 13 heteroatoms. The summed E-state index contributed by atoms with van der Waals surface area (Å²) in [6.45, 7) is 5.68. The summed E-state index contributed by atoms with van der Waals surface area (Å²) in [5.41, 5.74) is -2.76. The number of hydrogen-bond acceptors (Lipinski definition) is 5. The first-order chi connectivity index (χ1) is 16.4. The average molecular weight is 508 g/mol. The topological polar surface area (TPSA) is 76.5 Å². The molecule has 1 atom stereocenters. The molecule has 7 nitrogen and oxygen atoms in total. The first-order valence-electron chi connectivity index (χ1n) is 10.9. The molecular formula is C22H26F6N4O3. The molecule has 0 saturated carbocycles. The number of amides is 1. The molecule has 0 saturated heterocycles. The second kappa shape index (κ2) is 11.5. The maximum Gasteiger partial charge on any atom is 0.416 e. The van der Waals surface area contributed by atoms with Gasteiger partial charge < -0.3 is 19.7 Å². The van der Waals surface area contributed by atoms with E-state index in [1.807, 2.05) is 13.8 Å². The van der Waals surface area contributed by atoms with E-state index in [0.29, 0.717) is 42.9 Å². The number of benzene rings is 1. The maximum absolute atomic E-state index is 13.0. The summed E-state index contributed by atoms with van der Waals surface area (Å²) in [7, 11) is 0. The van der Waals surface area contributed by atoms with E-state index in [2.05, 4.69) is 10.4 Å². The third kappa shape index (κ3) is 7.62. The van der Waals surface area contributed by atoms with Crippen LogP contribution < -0.4 is 5.32 Å². The number of ether oxygens (including phenoxy) is 1. The molecule has 0 radical (unpaired) electrons. The van der Waals surface area contributed by atoms with Crippen LogP contribution in [-0.2, 0) is 41.6 Å². The van der Waals surface area contributed by atoms with Gasteiger partial charge in [0.1, 0.15) is 18.7 Å². The fourth-order valence-corrected chi connectivity index (χ4v) is 3.29. The number of carbonyl (C=O) groups is 2. The van der Waals surface area contributed by atoms with Crippen molar-refractivity contribution in [2.24, 2.45) is 0 Å². The highest BCUT2D eigenvalue weighted by atomic mass is 19.4. The molecule has 35 heavy (non-hydrogen) atoms. The van der Waals surface area contributed by atoms with Crippen LogP contribution in [0.3, 0.4) is 0 Å². The van der Waals surface area contributed by atoms with Gasteiger partial charge in [-0.2, -0.15) is 31.4 Å². The number of aryl methyl sites for hydroxylation is 1. The number of aromatic nitrogens is 2. The zero-order valence-corrected chi connectivity index (χ0v) is 19.3. The van der Waals surface area contributed by atoms with Crippen molar-refractivity contribution in [1.29, 1.82) is 0 Å². The lowest BCUT2D eigenvalue weighted by Gasteiger charge is -2.20. The third-order valence-corrected chi connectivity index (χ3v) is 4.86. The van der Waals surface area contributed by atoms with Gasteiger partial charge in [-0.15, -0.1) is 0 Å². The van der Waals surface area contributed by atoms with Crippen LogP contribution in [0.5, 0.6) is 0 Å². The lowest BCUT2D eigenvalue weighted by atomic mass is 10.1. The van der Waals surface area contributed by atoms with Crippen LogP contribution in [0.25, 0.3) is 0 Å². The van der Waals surface area contributed by atoms with Crippen molar-refractivity contribution in [2.45, 2.75) is 65.3 Å². The fraction of sp³-hybridized carbons (Fsp3) is 0.500. The van der Waals surface area contributed by atoms with E-state index in [1.54, 1.807) is 17.7 Å². The zero-order valence-electron chi connectivity index (χ0n) is 19.3. The smallest absolute Gasteiger partial charge is 0.416 e. The summed E-state index contributed by atoms with van der Waals surface area (Å²) < 4.78 is 84.7. The van der Waals surface area contributed by atoms with Crippen LogP contribution >= 0.6 is 0 Å². The molecule has 1 amide bonds. The number of rotatable bonds is 5. The van der Waals surface area contributed by atoms with Gasteiger partial charge in [0, 0.05) is 19.2 Å². The number of nitrogens with one attached hydrogen (secondary N) is 1. The van der Waals surface area contributed by atoms with Crippen LogP contribution in [0.15, 0.2) is 24.3 Å². The van der Waals surface area contributed by atoms with Gasteiger partial charge >= 0.3 is 18.4 Å². The van der Waals surface area contributed by atoms with Crippen molar-refractivity contribution < 1.29 is 40.7 Å². The molecule has 194 valence electrons. The highest BCUT2D eigenvalue weighted by molar-refractivity contribution is 5.68. The van der Waals surface area contributed by atoms with Gasteiger partial charge in [0.25, 0.3) is 0 Å². The summed E-state index contributed by atoms with van der Waals surface area (Å²) in [5, 5.41) is 7.18. The number of carbonyl (C=O) groups excluding carboxylic acids is 2. The molecule has 1 aliphatic heterocycles. The molecule has 1 aromatic carbocycles. The third-order valence-electron chi connectivity index (χ3n) is 4.86. The Labute approximate surface area is 198 Å². The fourth-order valence-electron chi connectivity index (χ4n) is 3.29. The number of nitrogens with zero attached hydrogens (tertiary/aromatic N) is 3. The van der Waals surface area contributed by atoms with Crippen molar-refractivity contribution in [2.75, 3.05) is 11.9 Å². The zero-order chi connectivity index (χ0) is 26.4. The number of aldehydes is 1. The lowest BCUT2D eigenvalue weighted by Crippen LogP contribution is -2.31. The highest BCUT2D eigenvalue weighted by Gasteiger charge is 2.37. The van der Waals surface area contributed by atoms with E-state index in [-0.39, 0.29) is 19.2 Å². The van der Waals surface area contributed by atoms with Crippen LogP contribution in [0.2, 0.25) is 0 Å². The Morgan fingerprint density at radius 3 is 2.23 bits per heavy atom. The predicted octanol–water partition coefficient (Wildman–Crippen LogP) is 5.49. The molecule has 3 rings (SSSR count). The minimum absolute atomic E-state index is 0.0123. The molecular weight excluding hydrogens is 482 g/mol. The maximum atomic E-state index is 13.0. The number of halogens is 6. The molecule has 1 unspecified atom stereocenters. The molecule has 2 aromatic rings. The predicted molar refractivity (Wildman–Crippen MR) is 114 cm³/mol. The number of hydrogen-bond donors (Lipinski definition) is 1. The largest absolute Gasteiger partial charge is 0.445 e. The quantitative estimate of drug-likeness (QED) is 0.427. The van der Waals surface area contributed by atoms with Crippen LogP contribution in [0.1, 0.15) is 49.6 Å². The van der Waals surface area contributed by atoms with Crippen molar-refractivity contribution in [1.82, 2.24) is 14.7 Å². The summed E-state index contributed by atoms with van der Waals surface area (Å²) in [5.74, 6) is 0.434. The average Bonchev–Trinajstić information content (AvgIpc) is 3.06. The summed E-state index contributed by atoms with van der Waals surface area (Å²) in [6, 6.07) is 2.23. The number of anilines is 1. The molecule has 0 spiro atoms. The van der Waals surface area contributed by atoms with Crippen LogP contribution in [-0.4, -0.2) is 39.6 Å². The standard InChI is InChI=1S/C20H20F6N4O3.C2H6/c1-12(10-31)27-17-8-16-9-29(3-2-4-30(16)28-17)18(32)33-11-13-5-14(19(21,22)23)7-15(6-13)20(24,25)26;1-2/h5-8,10,12H,2-4,9,11H2,1H3,(H,27,28);1-2H3. The molecule has 1 aromatic heterocycles. The van der Waals surface area contributed by atoms with Gasteiger partial charge in [0.15, 0.2) is 0 Å². The Bertz CT molecular complexity index is 987. The summed E-state index contributed by atoms with van der Waals surface area (Å²) >= 11 is 0. The van der Waals surface area contributed by atoms with E-state index in [1.165, 1.54) is 4.90 Å². The van der Waals surface area contributed by atoms with Crippen molar-refractivity contribution in [3.63, 3.8) is 0 Å². The monoisotopic (exact) mass is 508 g/mol. The van der Waals surface area contributed by atoms with Gasteiger partial charge in [0.05, 0.1) is 29.4 Å². The highest BCUT2D eigenvalue weighted by Crippen LogP contribution is 2.36. The van der Waals surface area contributed by atoms with Gasteiger partial charge in [-0.3, -0.25) is 4.68 Å². The number of fused-ring (bicyclic) bond motifs is 1. The minimum atomic E-state index is -4.99. The van der Waals surface area contributed by atoms with Crippen LogP contribution in [0, 0.1) is 0 Å². The molecule has 1 N–H and O–H groups in total. The Balaban J connectivity index is 0.00000210. The summed E-state index contributed by atoms with van der Waals surface area (Å²) in [6.07, 6.45) is -9.67. The van der Waals surface area contributed by atoms with Gasteiger partial charge in [-0.25, -0.2) is 4.79 Å². The second-order valence-corrected chi connectivity index (χ2v) is 7.56. The molecule has 0 fully saturated rings.